The fourth-order valence-corrected chi connectivity index (χ4v) is 5.59. The second kappa shape index (κ2) is 12.2. The molecule has 0 bridgehead atoms. The molecule has 4 aromatic rings. The molecule has 1 N–H and O–H groups in total. The summed E-state index contributed by atoms with van der Waals surface area (Å²) < 4.78 is 36.5. The van der Waals surface area contributed by atoms with Crippen LogP contribution in [0.3, 0.4) is 0 Å². The maximum Gasteiger partial charge on any atom is 0.339 e. The minimum atomic E-state index is -4.15. The Bertz CT molecular complexity index is 1810. The average Bonchev–Trinajstić information content (AvgIpc) is 2.97. The Morgan fingerprint density at radius 2 is 1.57 bits per heavy atom. The van der Waals surface area contributed by atoms with Crippen LogP contribution in [0.2, 0.25) is 5.02 Å². The van der Waals surface area contributed by atoms with Crippen LogP contribution in [0.5, 0.6) is 11.5 Å². The molecule has 5 rings (SSSR count). The van der Waals surface area contributed by atoms with Crippen molar-refractivity contribution in [3.8, 4) is 11.5 Å². The van der Waals surface area contributed by atoms with Crippen LogP contribution in [0, 0.1) is 0 Å². The van der Waals surface area contributed by atoms with Gasteiger partial charge in [0.05, 0.1) is 10.2 Å². The molecule has 0 unspecified atom stereocenters. The molecule has 0 radical (unpaired) electrons. The molecule has 1 aliphatic heterocycles. The van der Waals surface area contributed by atoms with E-state index in [1.807, 2.05) is 30.3 Å². The van der Waals surface area contributed by atoms with Gasteiger partial charge < -0.3 is 8.92 Å². The first kappa shape index (κ1) is 29.1. The minimum absolute atomic E-state index is 0.0158. The Kier molecular flexibility index (Phi) is 8.44. The second-order valence-electron chi connectivity index (χ2n) is 8.91. The lowest BCUT2D eigenvalue weighted by Crippen LogP contribution is -2.54. The van der Waals surface area contributed by atoms with Crippen LogP contribution in [0.4, 0.5) is 10.5 Å². The number of imide groups is 2. The smallest absolute Gasteiger partial charge is 0.339 e. The number of benzene rings is 4. The van der Waals surface area contributed by atoms with Crippen molar-refractivity contribution in [2.75, 3.05) is 4.90 Å². The highest BCUT2D eigenvalue weighted by atomic mass is 79.9. The highest BCUT2D eigenvalue weighted by Crippen LogP contribution is 2.31. The van der Waals surface area contributed by atoms with Gasteiger partial charge in [-0.05, 0) is 93.8 Å². The molecule has 4 aromatic carbocycles. The van der Waals surface area contributed by atoms with Gasteiger partial charge in [-0.3, -0.25) is 14.9 Å². The number of hydrogen-bond donors (Lipinski definition) is 1. The van der Waals surface area contributed by atoms with Crippen LogP contribution in [0.1, 0.15) is 11.1 Å². The van der Waals surface area contributed by atoms with E-state index in [1.54, 1.807) is 12.1 Å². The normalized spacial score (nSPS) is 14.6. The second-order valence-corrected chi connectivity index (χ2v) is 11.7. The Hall–Kier alpha value is -4.45. The summed E-state index contributed by atoms with van der Waals surface area (Å²) in [5.41, 5.74) is 1.29. The van der Waals surface area contributed by atoms with Crippen molar-refractivity contribution in [2.45, 2.75) is 11.5 Å². The highest BCUT2D eigenvalue weighted by molar-refractivity contribution is 9.10. The van der Waals surface area contributed by atoms with Crippen molar-refractivity contribution < 1.29 is 31.7 Å². The van der Waals surface area contributed by atoms with Gasteiger partial charge in [-0.25, -0.2) is 9.69 Å². The molecular formula is C30H20BrClN2O7S. The molecule has 42 heavy (non-hydrogen) atoms. The van der Waals surface area contributed by atoms with Gasteiger partial charge in [0.1, 0.15) is 22.8 Å². The number of urea groups is 1. The van der Waals surface area contributed by atoms with Crippen molar-refractivity contribution in [3.63, 3.8) is 0 Å². The lowest BCUT2D eigenvalue weighted by Gasteiger charge is -2.26. The molecule has 12 heteroatoms. The number of nitrogens with one attached hydrogen (secondary N) is 1. The number of anilines is 1. The van der Waals surface area contributed by atoms with Crippen molar-refractivity contribution >= 4 is 67.3 Å². The summed E-state index contributed by atoms with van der Waals surface area (Å²) >= 11 is 9.10. The summed E-state index contributed by atoms with van der Waals surface area (Å²) in [7, 11) is -4.15. The molecule has 0 aromatic heterocycles. The monoisotopic (exact) mass is 666 g/mol. The van der Waals surface area contributed by atoms with E-state index in [9.17, 15) is 22.8 Å². The fraction of sp³-hybridized carbons (Fsp3) is 0.0333. The van der Waals surface area contributed by atoms with E-state index in [-0.39, 0.29) is 26.4 Å². The number of carbonyl (C=O) groups excluding carboxylic acids is 3. The van der Waals surface area contributed by atoms with Crippen molar-refractivity contribution in [3.05, 3.63) is 123 Å². The van der Waals surface area contributed by atoms with Crippen LogP contribution < -0.4 is 19.1 Å². The zero-order valence-electron chi connectivity index (χ0n) is 21.5. The molecule has 0 saturated carbocycles. The van der Waals surface area contributed by atoms with Crippen LogP contribution in [0.25, 0.3) is 6.08 Å². The third-order valence-electron chi connectivity index (χ3n) is 6.01. The van der Waals surface area contributed by atoms with Gasteiger partial charge in [0.15, 0.2) is 5.75 Å². The summed E-state index contributed by atoms with van der Waals surface area (Å²) in [6.07, 6.45) is 1.29. The van der Waals surface area contributed by atoms with E-state index in [0.717, 1.165) is 10.5 Å². The third kappa shape index (κ3) is 6.54. The maximum atomic E-state index is 13.3. The van der Waals surface area contributed by atoms with Crippen LogP contribution in [-0.2, 0) is 26.3 Å². The quantitative estimate of drug-likeness (QED) is 0.137. The van der Waals surface area contributed by atoms with E-state index in [1.165, 1.54) is 60.7 Å². The highest BCUT2D eigenvalue weighted by Gasteiger charge is 2.36. The van der Waals surface area contributed by atoms with E-state index < -0.39 is 28.0 Å². The lowest BCUT2D eigenvalue weighted by molar-refractivity contribution is -0.122. The van der Waals surface area contributed by atoms with Gasteiger partial charge in [-0.2, -0.15) is 8.42 Å². The van der Waals surface area contributed by atoms with E-state index in [2.05, 4.69) is 21.2 Å². The topological polar surface area (TPSA) is 119 Å². The molecule has 4 amide bonds. The lowest BCUT2D eigenvalue weighted by atomic mass is 10.1. The van der Waals surface area contributed by atoms with E-state index in [0.29, 0.717) is 22.9 Å². The first-order valence-corrected chi connectivity index (χ1v) is 14.9. The summed E-state index contributed by atoms with van der Waals surface area (Å²) in [6, 6.07) is 24.8. The number of barbiturate groups is 1. The predicted octanol–water partition coefficient (Wildman–Crippen LogP) is 6.12. The number of nitrogens with zero attached hydrogens (tertiary/aromatic N) is 1. The molecule has 1 saturated heterocycles. The third-order valence-corrected chi connectivity index (χ3v) is 8.13. The van der Waals surface area contributed by atoms with Crippen LogP contribution in [-0.4, -0.2) is 26.3 Å². The molecule has 0 atom stereocenters. The molecular weight excluding hydrogens is 648 g/mol. The number of amides is 4. The van der Waals surface area contributed by atoms with Crippen LogP contribution in [0.15, 0.2) is 112 Å². The first-order valence-electron chi connectivity index (χ1n) is 12.3. The summed E-state index contributed by atoms with van der Waals surface area (Å²) in [5, 5.41) is 2.55. The molecule has 1 aliphatic rings. The predicted molar refractivity (Wildman–Crippen MR) is 160 cm³/mol. The van der Waals surface area contributed by atoms with Crippen molar-refractivity contribution in [1.82, 2.24) is 5.32 Å². The average molecular weight is 668 g/mol. The molecule has 1 fully saturated rings. The number of halogens is 2. The van der Waals surface area contributed by atoms with Gasteiger partial charge in [-0.15, -0.1) is 0 Å². The number of rotatable bonds is 8. The Labute approximate surface area is 254 Å². The molecule has 9 nitrogen and oxygen atoms in total. The van der Waals surface area contributed by atoms with Gasteiger partial charge >= 0.3 is 16.1 Å². The van der Waals surface area contributed by atoms with E-state index >= 15 is 0 Å². The Balaban J connectivity index is 1.33. The molecule has 0 aliphatic carbocycles. The maximum absolute atomic E-state index is 13.3. The summed E-state index contributed by atoms with van der Waals surface area (Å²) in [6.45, 7) is 0.344. The summed E-state index contributed by atoms with van der Waals surface area (Å²) in [4.78, 5) is 39.2. The standard InChI is InChI=1S/C30H20BrClN2O7S/c31-26-17-20(6-15-27(26)41-42(38,39)24-13-7-21(32)8-14-24)16-25-28(35)33-30(37)34(29(25)36)22-9-11-23(12-10-22)40-18-19-4-2-1-3-5-19/h1-17H,18H2,(H,33,35,37)/b25-16+. The zero-order chi connectivity index (χ0) is 29.9. The SMILES string of the molecule is O=C1NC(=O)N(c2ccc(OCc3ccccc3)cc2)C(=O)/C1=C/c1ccc(OS(=O)(=O)c2ccc(Cl)cc2)c(Br)c1. The van der Waals surface area contributed by atoms with Gasteiger partial charge in [-0.1, -0.05) is 48.0 Å². The van der Waals surface area contributed by atoms with Crippen molar-refractivity contribution in [1.29, 1.82) is 0 Å². The number of hydrogen-bond acceptors (Lipinski definition) is 7. The van der Waals surface area contributed by atoms with Crippen molar-refractivity contribution in [2.24, 2.45) is 0 Å². The Morgan fingerprint density at radius 1 is 0.881 bits per heavy atom. The fourth-order valence-electron chi connectivity index (χ4n) is 3.93. The largest absolute Gasteiger partial charge is 0.489 e. The number of ether oxygens (including phenoxy) is 1. The van der Waals surface area contributed by atoms with Crippen LogP contribution >= 0.6 is 27.5 Å². The van der Waals surface area contributed by atoms with Gasteiger partial charge in [0, 0.05) is 5.02 Å². The molecule has 1 heterocycles. The summed E-state index contributed by atoms with van der Waals surface area (Å²) in [5.74, 6) is -1.18. The van der Waals surface area contributed by atoms with Gasteiger partial charge in [0.25, 0.3) is 11.8 Å². The molecule has 0 spiro atoms. The van der Waals surface area contributed by atoms with E-state index in [4.69, 9.17) is 20.5 Å². The first-order chi connectivity index (χ1) is 20.1. The molecule has 212 valence electrons. The van der Waals surface area contributed by atoms with Gasteiger partial charge in [0.2, 0.25) is 0 Å². The number of carbonyl (C=O) groups is 3. The minimum Gasteiger partial charge on any atom is -0.489 e. The zero-order valence-corrected chi connectivity index (χ0v) is 24.6. The Morgan fingerprint density at radius 3 is 2.24 bits per heavy atom.